The van der Waals surface area contributed by atoms with Gasteiger partial charge in [0, 0.05) is 25.2 Å². The number of hydrogen-bond acceptors (Lipinski definition) is 3. The number of aryl methyl sites for hydroxylation is 1. The number of rotatable bonds is 3. The van der Waals surface area contributed by atoms with Crippen molar-refractivity contribution in [1.29, 1.82) is 0 Å². The summed E-state index contributed by atoms with van der Waals surface area (Å²) in [7, 11) is 1.77. The monoisotopic (exact) mass is 352 g/mol. The molecule has 2 heterocycles. The summed E-state index contributed by atoms with van der Waals surface area (Å²) in [4.78, 5) is 25.2. The molecule has 5 heteroatoms. The molecule has 1 amide bonds. The second-order valence-electron chi connectivity index (χ2n) is 7.30. The van der Waals surface area contributed by atoms with Crippen LogP contribution in [0, 0.1) is 5.92 Å². The SMILES string of the molecule is Cn1c2c(cc(C(=O)NC[C@@H]3COc4ccccc4C3)c1=O)CCCC2. The normalized spacial score (nSPS) is 18.4. The lowest BCUT2D eigenvalue weighted by atomic mass is 9.94. The molecule has 2 aromatic rings. The van der Waals surface area contributed by atoms with Gasteiger partial charge in [0.15, 0.2) is 0 Å². The lowest BCUT2D eigenvalue weighted by Crippen LogP contribution is -2.38. The Kier molecular flexibility index (Phi) is 4.53. The largest absolute Gasteiger partial charge is 0.493 e. The minimum Gasteiger partial charge on any atom is -0.493 e. The number of para-hydroxylation sites is 1. The number of amides is 1. The van der Waals surface area contributed by atoms with Crippen molar-refractivity contribution in [2.45, 2.75) is 32.1 Å². The van der Waals surface area contributed by atoms with Gasteiger partial charge in [-0.2, -0.15) is 0 Å². The first-order chi connectivity index (χ1) is 12.6. The Hall–Kier alpha value is -2.56. The Bertz CT molecular complexity index is 901. The van der Waals surface area contributed by atoms with Gasteiger partial charge in [-0.05, 0) is 55.4 Å². The zero-order valence-corrected chi connectivity index (χ0v) is 15.1. The molecule has 26 heavy (non-hydrogen) atoms. The predicted molar refractivity (Wildman–Crippen MR) is 99.8 cm³/mol. The molecular formula is C21H24N2O3. The van der Waals surface area contributed by atoms with E-state index < -0.39 is 0 Å². The molecule has 1 atom stereocenters. The van der Waals surface area contributed by atoms with Gasteiger partial charge in [0.25, 0.3) is 11.5 Å². The van der Waals surface area contributed by atoms with Crippen LogP contribution in [0.1, 0.15) is 40.0 Å². The Morgan fingerprint density at radius 1 is 1.23 bits per heavy atom. The summed E-state index contributed by atoms with van der Waals surface area (Å²) in [6.45, 7) is 1.09. The summed E-state index contributed by atoms with van der Waals surface area (Å²) < 4.78 is 7.43. The van der Waals surface area contributed by atoms with Crippen LogP contribution < -0.4 is 15.6 Å². The molecule has 1 aliphatic carbocycles. The number of hydrogen-bond donors (Lipinski definition) is 1. The first kappa shape index (κ1) is 16.9. The van der Waals surface area contributed by atoms with Crippen LogP contribution in [0.5, 0.6) is 5.75 Å². The van der Waals surface area contributed by atoms with Crippen LogP contribution in [0.25, 0.3) is 0 Å². The Balaban J connectivity index is 1.46. The fraction of sp³-hybridized carbons (Fsp3) is 0.429. The molecule has 1 aromatic carbocycles. The lowest BCUT2D eigenvalue weighted by Gasteiger charge is -2.25. The summed E-state index contributed by atoms with van der Waals surface area (Å²) >= 11 is 0. The zero-order valence-electron chi connectivity index (χ0n) is 15.1. The molecule has 0 unspecified atom stereocenters. The maximum absolute atomic E-state index is 12.6. The van der Waals surface area contributed by atoms with E-state index in [1.807, 2.05) is 18.2 Å². The molecular weight excluding hydrogens is 328 g/mol. The third-order valence-electron chi connectivity index (χ3n) is 5.49. The number of fused-ring (bicyclic) bond motifs is 2. The van der Waals surface area contributed by atoms with Crippen LogP contribution in [0.4, 0.5) is 0 Å². The number of pyridine rings is 1. The van der Waals surface area contributed by atoms with Gasteiger partial charge in [0.2, 0.25) is 0 Å². The molecule has 0 bridgehead atoms. The minimum atomic E-state index is -0.280. The van der Waals surface area contributed by atoms with Crippen molar-refractivity contribution in [3.63, 3.8) is 0 Å². The van der Waals surface area contributed by atoms with Gasteiger partial charge in [-0.15, -0.1) is 0 Å². The predicted octanol–water partition coefficient (Wildman–Crippen LogP) is 2.25. The molecule has 0 saturated heterocycles. The van der Waals surface area contributed by atoms with E-state index in [4.69, 9.17) is 4.74 Å². The molecule has 0 spiro atoms. The Labute approximate surface area is 153 Å². The number of nitrogens with one attached hydrogen (secondary N) is 1. The van der Waals surface area contributed by atoms with Crippen LogP contribution in [0.3, 0.4) is 0 Å². The highest BCUT2D eigenvalue weighted by atomic mass is 16.5. The van der Waals surface area contributed by atoms with Crippen molar-refractivity contribution in [2.24, 2.45) is 13.0 Å². The number of aromatic nitrogens is 1. The van der Waals surface area contributed by atoms with Crippen LogP contribution in [0.2, 0.25) is 0 Å². The average molecular weight is 352 g/mol. The first-order valence-corrected chi connectivity index (χ1v) is 9.34. The highest BCUT2D eigenvalue weighted by Gasteiger charge is 2.23. The van der Waals surface area contributed by atoms with Crippen molar-refractivity contribution >= 4 is 5.91 Å². The summed E-state index contributed by atoms with van der Waals surface area (Å²) in [6.07, 6.45) is 4.96. The van der Waals surface area contributed by atoms with E-state index in [0.717, 1.165) is 49.1 Å². The van der Waals surface area contributed by atoms with Crippen molar-refractivity contribution in [1.82, 2.24) is 9.88 Å². The van der Waals surface area contributed by atoms with Gasteiger partial charge >= 0.3 is 0 Å². The fourth-order valence-electron chi connectivity index (χ4n) is 4.01. The molecule has 1 aromatic heterocycles. The molecule has 136 valence electrons. The summed E-state index contributed by atoms with van der Waals surface area (Å²) in [5, 5.41) is 2.94. The van der Waals surface area contributed by atoms with Gasteiger partial charge < -0.3 is 14.6 Å². The summed E-state index contributed by atoms with van der Waals surface area (Å²) in [5.74, 6) is 0.867. The molecule has 5 nitrogen and oxygen atoms in total. The average Bonchev–Trinajstić information content (AvgIpc) is 2.68. The minimum absolute atomic E-state index is 0.201. The second kappa shape index (κ2) is 6.98. The van der Waals surface area contributed by atoms with Crippen molar-refractivity contribution in [3.8, 4) is 5.75 Å². The van der Waals surface area contributed by atoms with Crippen molar-refractivity contribution < 1.29 is 9.53 Å². The van der Waals surface area contributed by atoms with E-state index >= 15 is 0 Å². The van der Waals surface area contributed by atoms with Gasteiger partial charge in [0.05, 0.1) is 6.61 Å². The van der Waals surface area contributed by atoms with Gasteiger partial charge in [-0.1, -0.05) is 18.2 Å². The van der Waals surface area contributed by atoms with E-state index in [-0.39, 0.29) is 22.9 Å². The molecule has 1 N–H and O–H groups in total. The molecule has 2 aliphatic rings. The maximum Gasteiger partial charge on any atom is 0.263 e. The highest BCUT2D eigenvalue weighted by Crippen LogP contribution is 2.26. The van der Waals surface area contributed by atoms with E-state index in [1.54, 1.807) is 17.7 Å². The molecule has 0 saturated carbocycles. The molecule has 0 fully saturated rings. The van der Waals surface area contributed by atoms with E-state index in [9.17, 15) is 9.59 Å². The van der Waals surface area contributed by atoms with Crippen LogP contribution in [-0.4, -0.2) is 23.6 Å². The lowest BCUT2D eigenvalue weighted by molar-refractivity contribution is 0.0936. The van der Waals surface area contributed by atoms with Crippen molar-refractivity contribution in [3.05, 3.63) is 63.1 Å². The quantitative estimate of drug-likeness (QED) is 0.922. The molecule has 0 radical (unpaired) electrons. The van der Waals surface area contributed by atoms with Gasteiger partial charge in [-0.3, -0.25) is 9.59 Å². The summed E-state index contributed by atoms with van der Waals surface area (Å²) in [6, 6.07) is 9.80. The van der Waals surface area contributed by atoms with Gasteiger partial charge in [0.1, 0.15) is 11.3 Å². The standard InChI is InChI=1S/C21H24N2O3/c1-23-18-8-4-2-6-15(18)11-17(21(23)25)20(24)22-12-14-10-16-7-3-5-9-19(16)26-13-14/h3,5,7,9,11,14H,2,4,6,8,10,12-13H2,1H3,(H,22,24)/t14-/m1/s1. The fourth-order valence-corrected chi connectivity index (χ4v) is 4.01. The number of nitrogens with zero attached hydrogens (tertiary/aromatic N) is 1. The number of ether oxygens (including phenoxy) is 1. The van der Waals surface area contributed by atoms with E-state index in [2.05, 4.69) is 11.4 Å². The Morgan fingerprint density at radius 2 is 2.04 bits per heavy atom. The second-order valence-corrected chi connectivity index (χ2v) is 7.30. The van der Waals surface area contributed by atoms with E-state index in [0.29, 0.717) is 13.2 Å². The third kappa shape index (κ3) is 3.14. The van der Waals surface area contributed by atoms with Crippen LogP contribution in [0.15, 0.2) is 35.1 Å². The van der Waals surface area contributed by atoms with Crippen molar-refractivity contribution in [2.75, 3.05) is 13.2 Å². The first-order valence-electron chi connectivity index (χ1n) is 9.34. The molecule has 1 aliphatic heterocycles. The topological polar surface area (TPSA) is 60.3 Å². The maximum atomic E-state index is 12.6. The number of carbonyl (C=O) groups is 1. The third-order valence-corrected chi connectivity index (χ3v) is 5.49. The summed E-state index contributed by atoms with van der Waals surface area (Å²) in [5.41, 5.74) is 3.44. The van der Waals surface area contributed by atoms with E-state index in [1.165, 1.54) is 5.56 Å². The van der Waals surface area contributed by atoms with Crippen LogP contribution in [-0.2, 0) is 26.3 Å². The zero-order chi connectivity index (χ0) is 18.1. The molecule has 4 rings (SSSR count). The smallest absolute Gasteiger partial charge is 0.263 e. The Morgan fingerprint density at radius 3 is 2.92 bits per heavy atom. The van der Waals surface area contributed by atoms with Gasteiger partial charge in [-0.25, -0.2) is 0 Å². The number of benzene rings is 1. The van der Waals surface area contributed by atoms with Crippen LogP contribution >= 0.6 is 0 Å². The number of carbonyl (C=O) groups excluding carboxylic acids is 1. The highest BCUT2D eigenvalue weighted by molar-refractivity contribution is 5.94.